The van der Waals surface area contributed by atoms with Gasteiger partial charge >= 0.3 is 6.09 Å². The fourth-order valence-corrected chi connectivity index (χ4v) is 2.62. The van der Waals surface area contributed by atoms with Crippen molar-refractivity contribution in [1.82, 2.24) is 15.5 Å². The second-order valence-electron chi connectivity index (χ2n) is 5.17. The van der Waals surface area contributed by atoms with Crippen molar-refractivity contribution in [2.24, 2.45) is 0 Å². The Hall–Kier alpha value is -1.30. The van der Waals surface area contributed by atoms with Crippen LogP contribution < -0.4 is 10.6 Å². The molecule has 2 fully saturated rings. The Bertz CT molecular complexity index is 327. The second-order valence-corrected chi connectivity index (χ2v) is 5.17. The standard InChI is InChI=1S/C13H23N3O3/c1-2-19-13(18)16-7-5-10(6-8-16)14-9-11-3-4-12(17)15-11/h10-11,14H,2-9H2,1H3,(H,15,17). The highest BCUT2D eigenvalue weighted by atomic mass is 16.6. The highest BCUT2D eigenvalue weighted by Gasteiger charge is 2.25. The summed E-state index contributed by atoms with van der Waals surface area (Å²) in [7, 11) is 0. The summed E-state index contributed by atoms with van der Waals surface area (Å²) in [5.74, 6) is 0.156. The monoisotopic (exact) mass is 269 g/mol. The fourth-order valence-electron chi connectivity index (χ4n) is 2.62. The number of likely N-dealkylation sites (tertiary alicyclic amines) is 1. The van der Waals surface area contributed by atoms with Gasteiger partial charge in [-0.2, -0.15) is 0 Å². The molecule has 0 spiro atoms. The van der Waals surface area contributed by atoms with Crippen LogP contribution in [0.25, 0.3) is 0 Å². The Morgan fingerprint density at radius 3 is 2.74 bits per heavy atom. The minimum Gasteiger partial charge on any atom is -0.450 e. The van der Waals surface area contributed by atoms with Crippen molar-refractivity contribution >= 4 is 12.0 Å². The molecule has 0 aliphatic carbocycles. The van der Waals surface area contributed by atoms with Gasteiger partial charge in [-0.3, -0.25) is 4.79 Å². The summed E-state index contributed by atoms with van der Waals surface area (Å²) < 4.78 is 4.99. The molecule has 1 unspecified atom stereocenters. The number of piperidine rings is 1. The van der Waals surface area contributed by atoms with Crippen LogP contribution in [0.5, 0.6) is 0 Å². The van der Waals surface area contributed by atoms with Crippen molar-refractivity contribution in [3.05, 3.63) is 0 Å². The Balaban J connectivity index is 1.63. The summed E-state index contributed by atoms with van der Waals surface area (Å²) in [6, 6.07) is 0.707. The Morgan fingerprint density at radius 1 is 1.42 bits per heavy atom. The number of ether oxygens (including phenoxy) is 1. The van der Waals surface area contributed by atoms with Crippen molar-refractivity contribution in [3.63, 3.8) is 0 Å². The first-order chi connectivity index (χ1) is 9.19. The smallest absolute Gasteiger partial charge is 0.409 e. The normalized spacial score (nSPS) is 24.4. The molecule has 2 aliphatic rings. The predicted molar refractivity (Wildman–Crippen MR) is 70.8 cm³/mol. The van der Waals surface area contributed by atoms with Gasteiger partial charge in [0, 0.05) is 38.1 Å². The third kappa shape index (κ3) is 4.09. The Morgan fingerprint density at radius 2 is 2.16 bits per heavy atom. The van der Waals surface area contributed by atoms with E-state index in [2.05, 4.69) is 10.6 Å². The van der Waals surface area contributed by atoms with Gasteiger partial charge in [-0.1, -0.05) is 0 Å². The lowest BCUT2D eigenvalue weighted by molar-refractivity contribution is -0.119. The van der Waals surface area contributed by atoms with Crippen molar-refractivity contribution in [2.45, 2.75) is 44.7 Å². The number of rotatable bonds is 4. The largest absolute Gasteiger partial charge is 0.450 e. The SMILES string of the molecule is CCOC(=O)N1CCC(NCC2CCC(=O)N2)CC1. The molecule has 0 aromatic heterocycles. The number of amides is 2. The second kappa shape index (κ2) is 6.75. The van der Waals surface area contributed by atoms with Crippen LogP contribution >= 0.6 is 0 Å². The van der Waals surface area contributed by atoms with Crippen molar-refractivity contribution in [1.29, 1.82) is 0 Å². The summed E-state index contributed by atoms with van der Waals surface area (Å²) in [5.41, 5.74) is 0. The fraction of sp³-hybridized carbons (Fsp3) is 0.846. The molecule has 0 aromatic carbocycles. The first kappa shape index (κ1) is 14.1. The molecule has 2 saturated heterocycles. The van der Waals surface area contributed by atoms with E-state index in [9.17, 15) is 9.59 Å². The maximum Gasteiger partial charge on any atom is 0.409 e. The third-order valence-corrected chi connectivity index (χ3v) is 3.76. The van der Waals surface area contributed by atoms with Gasteiger partial charge < -0.3 is 20.3 Å². The summed E-state index contributed by atoms with van der Waals surface area (Å²) in [5, 5.41) is 6.43. The quantitative estimate of drug-likeness (QED) is 0.778. The van der Waals surface area contributed by atoms with Gasteiger partial charge in [0.1, 0.15) is 0 Å². The Kier molecular flexibility index (Phi) is 5.01. The zero-order valence-corrected chi connectivity index (χ0v) is 11.5. The maximum atomic E-state index is 11.5. The molecule has 2 N–H and O–H groups in total. The van der Waals surface area contributed by atoms with Gasteiger partial charge in [0.2, 0.25) is 5.91 Å². The van der Waals surface area contributed by atoms with Crippen molar-refractivity contribution in [2.75, 3.05) is 26.2 Å². The van der Waals surface area contributed by atoms with Crippen molar-refractivity contribution < 1.29 is 14.3 Å². The lowest BCUT2D eigenvalue weighted by Crippen LogP contribution is -2.47. The number of nitrogens with one attached hydrogen (secondary N) is 2. The molecule has 6 heteroatoms. The average molecular weight is 269 g/mol. The molecule has 2 aliphatic heterocycles. The van der Waals surface area contributed by atoms with Crippen LogP contribution in [0.4, 0.5) is 4.79 Å². The number of carbonyl (C=O) groups excluding carboxylic acids is 2. The summed E-state index contributed by atoms with van der Waals surface area (Å²) in [6.45, 7) is 4.57. The molecule has 0 bridgehead atoms. The van der Waals surface area contributed by atoms with Crippen LogP contribution in [0.1, 0.15) is 32.6 Å². The molecule has 0 saturated carbocycles. The van der Waals surface area contributed by atoms with Gasteiger partial charge in [0.25, 0.3) is 0 Å². The molecular weight excluding hydrogens is 246 g/mol. The summed E-state index contributed by atoms with van der Waals surface area (Å²) in [4.78, 5) is 24.4. The molecule has 2 rings (SSSR count). The minimum absolute atomic E-state index is 0.156. The molecule has 108 valence electrons. The molecule has 19 heavy (non-hydrogen) atoms. The van der Waals surface area contributed by atoms with Crippen LogP contribution in [-0.4, -0.2) is 55.2 Å². The van der Waals surface area contributed by atoms with E-state index in [1.54, 1.807) is 4.90 Å². The van der Waals surface area contributed by atoms with Gasteiger partial charge in [0.05, 0.1) is 6.61 Å². The van der Waals surface area contributed by atoms with E-state index < -0.39 is 0 Å². The molecular formula is C13H23N3O3. The van der Waals surface area contributed by atoms with Gasteiger partial charge in [-0.25, -0.2) is 4.79 Å². The Labute approximate surface area is 113 Å². The zero-order chi connectivity index (χ0) is 13.7. The number of hydrogen-bond donors (Lipinski definition) is 2. The summed E-state index contributed by atoms with van der Waals surface area (Å²) in [6.07, 6.45) is 3.25. The zero-order valence-electron chi connectivity index (χ0n) is 11.5. The third-order valence-electron chi connectivity index (χ3n) is 3.76. The highest BCUT2D eigenvalue weighted by Crippen LogP contribution is 2.12. The van der Waals surface area contributed by atoms with Crippen LogP contribution in [-0.2, 0) is 9.53 Å². The molecule has 2 heterocycles. The van der Waals surface area contributed by atoms with Crippen LogP contribution in [0.3, 0.4) is 0 Å². The van der Waals surface area contributed by atoms with E-state index in [0.29, 0.717) is 19.1 Å². The average Bonchev–Trinajstić information content (AvgIpc) is 2.83. The number of carbonyl (C=O) groups is 2. The first-order valence-electron chi connectivity index (χ1n) is 7.13. The van der Waals surface area contributed by atoms with E-state index in [-0.39, 0.29) is 18.0 Å². The van der Waals surface area contributed by atoms with E-state index in [1.165, 1.54) is 0 Å². The van der Waals surface area contributed by atoms with Gasteiger partial charge in [-0.05, 0) is 26.2 Å². The van der Waals surface area contributed by atoms with Crippen LogP contribution in [0, 0.1) is 0 Å². The first-order valence-corrected chi connectivity index (χ1v) is 7.13. The topological polar surface area (TPSA) is 70.7 Å². The van der Waals surface area contributed by atoms with Gasteiger partial charge in [0.15, 0.2) is 0 Å². The molecule has 0 aromatic rings. The van der Waals surface area contributed by atoms with Crippen LogP contribution in [0.2, 0.25) is 0 Å². The molecule has 6 nitrogen and oxygen atoms in total. The van der Waals surface area contributed by atoms with E-state index in [1.807, 2.05) is 6.92 Å². The number of hydrogen-bond acceptors (Lipinski definition) is 4. The molecule has 2 amide bonds. The van der Waals surface area contributed by atoms with E-state index >= 15 is 0 Å². The van der Waals surface area contributed by atoms with Crippen molar-refractivity contribution in [3.8, 4) is 0 Å². The number of nitrogens with zero attached hydrogens (tertiary/aromatic N) is 1. The predicted octanol–water partition coefficient (Wildman–Crippen LogP) is 0.476. The lowest BCUT2D eigenvalue weighted by atomic mass is 10.0. The maximum absolute atomic E-state index is 11.5. The lowest BCUT2D eigenvalue weighted by Gasteiger charge is -2.32. The molecule has 1 atom stereocenters. The van der Waals surface area contributed by atoms with Crippen LogP contribution in [0.15, 0.2) is 0 Å². The summed E-state index contributed by atoms with van der Waals surface area (Å²) >= 11 is 0. The van der Waals surface area contributed by atoms with E-state index in [4.69, 9.17) is 4.74 Å². The minimum atomic E-state index is -0.205. The highest BCUT2D eigenvalue weighted by molar-refractivity contribution is 5.78. The van der Waals surface area contributed by atoms with E-state index in [0.717, 1.165) is 38.9 Å². The molecule has 0 radical (unpaired) electrons. The van der Waals surface area contributed by atoms with Gasteiger partial charge in [-0.15, -0.1) is 0 Å².